The summed E-state index contributed by atoms with van der Waals surface area (Å²) in [6.07, 6.45) is 6.10. The van der Waals surface area contributed by atoms with Gasteiger partial charge in [-0.3, -0.25) is 13.9 Å². The zero-order valence-corrected chi connectivity index (χ0v) is 21.4. The number of aryl methyl sites for hydroxylation is 1. The number of carbonyl (C=O) groups excluding carboxylic acids is 2. The van der Waals surface area contributed by atoms with E-state index in [1.807, 2.05) is 31.2 Å². The van der Waals surface area contributed by atoms with Gasteiger partial charge in [-0.05, 0) is 62.1 Å². The van der Waals surface area contributed by atoms with Crippen LogP contribution >= 0.6 is 0 Å². The van der Waals surface area contributed by atoms with Gasteiger partial charge in [-0.25, -0.2) is 12.8 Å². The third kappa shape index (κ3) is 7.27. The average molecular weight is 504 g/mol. The van der Waals surface area contributed by atoms with Gasteiger partial charge in [0.05, 0.1) is 11.9 Å². The molecule has 0 unspecified atom stereocenters. The monoisotopic (exact) mass is 503 g/mol. The van der Waals surface area contributed by atoms with Crippen LogP contribution in [0.15, 0.2) is 48.5 Å². The number of rotatable bonds is 9. The van der Waals surface area contributed by atoms with E-state index < -0.39 is 34.3 Å². The molecule has 2 amide bonds. The Bertz CT molecular complexity index is 1130. The Morgan fingerprint density at radius 2 is 1.69 bits per heavy atom. The molecule has 1 aliphatic rings. The van der Waals surface area contributed by atoms with Gasteiger partial charge in [-0.15, -0.1) is 0 Å². The first kappa shape index (κ1) is 26.7. The largest absolute Gasteiger partial charge is 0.352 e. The molecular weight excluding hydrogens is 469 g/mol. The summed E-state index contributed by atoms with van der Waals surface area (Å²) < 4.78 is 39.4. The zero-order chi connectivity index (χ0) is 25.6. The van der Waals surface area contributed by atoms with Crippen LogP contribution in [0.4, 0.5) is 10.1 Å². The lowest BCUT2D eigenvalue weighted by molar-refractivity contribution is -0.139. The molecule has 2 aromatic carbocycles. The van der Waals surface area contributed by atoms with Crippen LogP contribution in [0.5, 0.6) is 0 Å². The average Bonchev–Trinajstić information content (AvgIpc) is 2.82. The minimum absolute atomic E-state index is 0.0841. The molecule has 0 heterocycles. The number of carbonyl (C=O) groups is 2. The van der Waals surface area contributed by atoms with E-state index in [4.69, 9.17) is 0 Å². The molecule has 1 aliphatic carbocycles. The molecule has 190 valence electrons. The molecule has 1 saturated carbocycles. The van der Waals surface area contributed by atoms with Crippen molar-refractivity contribution in [3.8, 4) is 0 Å². The summed E-state index contributed by atoms with van der Waals surface area (Å²) in [4.78, 5) is 28.1. The van der Waals surface area contributed by atoms with Crippen LogP contribution in [-0.2, 0) is 26.2 Å². The third-order valence-electron chi connectivity index (χ3n) is 6.51. The van der Waals surface area contributed by atoms with Crippen LogP contribution in [0, 0.1) is 12.7 Å². The molecular formula is C26H34FN3O4S. The molecule has 2 aromatic rings. The van der Waals surface area contributed by atoms with E-state index in [0.29, 0.717) is 0 Å². The first-order valence-corrected chi connectivity index (χ1v) is 13.8. The van der Waals surface area contributed by atoms with Crippen LogP contribution < -0.4 is 9.62 Å². The highest BCUT2D eigenvalue weighted by molar-refractivity contribution is 7.92. The van der Waals surface area contributed by atoms with Crippen molar-refractivity contribution < 1.29 is 22.4 Å². The summed E-state index contributed by atoms with van der Waals surface area (Å²) in [6, 6.07) is 11.8. The molecule has 0 saturated heterocycles. The molecule has 9 heteroatoms. The van der Waals surface area contributed by atoms with Crippen molar-refractivity contribution in [1.82, 2.24) is 10.2 Å². The molecule has 3 rings (SSSR count). The van der Waals surface area contributed by atoms with Crippen molar-refractivity contribution in [3.05, 3.63) is 65.5 Å². The fourth-order valence-electron chi connectivity index (χ4n) is 4.34. The highest BCUT2D eigenvalue weighted by Gasteiger charge is 2.31. The van der Waals surface area contributed by atoms with Gasteiger partial charge < -0.3 is 10.2 Å². The summed E-state index contributed by atoms with van der Waals surface area (Å²) in [5.74, 6) is -1.29. The summed E-state index contributed by atoms with van der Waals surface area (Å²) in [7, 11) is -3.85. The minimum atomic E-state index is -3.85. The summed E-state index contributed by atoms with van der Waals surface area (Å²) in [6.45, 7) is 3.24. The van der Waals surface area contributed by atoms with Crippen LogP contribution in [0.2, 0.25) is 0 Å². The van der Waals surface area contributed by atoms with Crippen molar-refractivity contribution >= 4 is 27.5 Å². The fourth-order valence-corrected chi connectivity index (χ4v) is 5.19. The maximum Gasteiger partial charge on any atom is 0.244 e. The quantitative estimate of drug-likeness (QED) is 0.565. The molecule has 7 nitrogen and oxygen atoms in total. The van der Waals surface area contributed by atoms with E-state index in [0.717, 1.165) is 65.9 Å². The van der Waals surface area contributed by atoms with Crippen molar-refractivity contribution in [2.45, 2.75) is 64.6 Å². The Morgan fingerprint density at radius 1 is 1.06 bits per heavy atom. The molecule has 0 radical (unpaired) electrons. The first-order chi connectivity index (χ1) is 16.6. The molecule has 0 aliphatic heterocycles. The minimum Gasteiger partial charge on any atom is -0.352 e. The highest BCUT2D eigenvalue weighted by Crippen LogP contribution is 2.21. The molecule has 0 spiro atoms. The zero-order valence-electron chi connectivity index (χ0n) is 20.5. The Hall–Kier alpha value is -2.94. The number of hydrogen-bond donors (Lipinski definition) is 1. The number of anilines is 1. The smallest absolute Gasteiger partial charge is 0.244 e. The topological polar surface area (TPSA) is 86.8 Å². The third-order valence-corrected chi connectivity index (χ3v) is 7.66. The maximum atomic E-state index is 13.6. The molecule has 35 heavy (non-hydrogen) atoms. The lowest BCUT2D eigenvalue weighted by Gasteiger charge is -2.33. The number of nitrogens with one attached hydrogen (secondary N) is 1. The maximum absolute atomic E-state index is 13.6. The number of amides is 2. The molecule has 0 aromatic heterocycles. The van der Waals surface area contributed by atoms with E-state index in [-0.39, 0.29) is 24.2 Å². The van der Waals surface area contributed by atoms with Gasteiger partial charge in [0.15, 0.2) is 0 Å². The molecule has 1 fully saturated rings. The lowest BCUT2D eigenvalue weighted by Crippen LogP contribution is -2.53. The fraction of sp³-hybridized carbons (Fsp3) is 0.462. The van der Waals surface area contributed by atoms with E-state index in [1.54, 1.807) is 6.92 Å². The van der Waals surface area contributed by atoms with Gasteiger partial charge in [-0.2, -0.15) is 0 Å². The van der Waals surface area contributed by atoms with Gasteiger partial charge in [0.2, 0.25) is 21.8 Å². The number of sulfonamides is 1. The van der Waals surface area contributed by atoms with Gasteiger partial charge in [0.1, 0.15) is 18.4 Å². The Kier molecular flexibility index (Phi) is 8.88. The SMILES string of the molecule is Cc1ccccc1CN(C(=O)CN(c1ccc(F)cc1)S(C)(=O)=O)[C@H](C)C(=O)NC1CCCCC1. The molecule has 1 N–H and O–H groups in total. The van der Waals surface area contributed by atoms with E-state index >= 15 is 0 Å². The number of halogens is 1. The van der Waals surface area contributed by atoms with Crippen molar-refractivity contribution in [1.29, 1.82) is 0 Å². The lowest BCUT2D eigenvalue weighted by atomic mass is 9.95. The van der Waals surface area contributed by atoms with E-state index in [1.165, 1.54) is 17.0 Å². The predicted octanol–water partition coefficient (Wildman–Crippen LogP) is 3.77. The molecule has 0 bridgehead atoms. The Labute approximate surface area is 207 Å². The Morgan fingerprint density at radius 3 is 2.29 bits per heavy atom. The standard InChI is InChI=1S/C26H34FN3O4S/c1-19-9-7-8-10-21(19)17-29(20(2)26(32)28-23-11-5-4-6-12-23)25(31)18-30(35(3,33)34)24-15-13-22(27)14-16-24/h7-10,13-16,20,23H,4-6,11-12,17-18H2,1-3H3,(H,28,32)/t20-/m1/s1. The second-order valence-electron chi connectivity index (χ2n) is 9.21. The number of nitrogens with zero attached hydrogens (tertiary/aromatic N) is 2. The van der Waals surface area contributed by atoms with E-state index in [2.05, 4.69) is 5.32 Å². The van der Waals surface area contributed by atoms with Crippen molar-refractivity contribution in [2.24, 2.45) is 0 Å². The van der Waals surface area contributed by atoms with Crippen LogP contribution in [0.1, 0.15) is 50.2 Å². The van der Waals surface area contributed by atoms with Gasteiger partial charge >= 0.3 is 0 Å². The van der Waals surface area contributed by atoms with Crippen LogP contribution in [0.25, 0.3) is 0 Å². The Balaban J connectivity index is 1.87. The van der Waals surface area contributed by atoms with Gasteiger partial charge in [-0.1, -0.05) is 43.5 Å². The van der Waals surface area contributed by atoms with E-state index in [9.17, 15) is 22.4 Å². The van der Waals surface area contributed by atoms with Crippen LogP contribution in [0.3, 0.4) is 0 Å². The first-order valence-electron chi connectivity index (χ1n) is 11.9. The van der Waals surface area contributed by atoms with Crippen molar-refractivity contribution in [3.63, 3.8) is 0 Å². The summed E-state index contributed by atoms with van der Waals surface area (Å²) in [5, 5.41) is 3.07. The number of hydrogen-bond acceptors (Lipinski definition) is 4. The van der Waals surface area contributed by atoms with Crippen molar-refractivity contribution in [2.75, 3.05) is 17.1 Å². The normalized spacial score (nSPS) is 15.3. The molecule has 1 atom stereocenters. The summed E-state index contributed by atoms with van der Waals surface area (Å²) in [5.41, 5.74) is 2.01. The predicted molar refractivity (Wildman–Crippen MR) is 135 cm³/mol. The van der Waals surface area contributed by atoms with Gasteiger partial charge in [0.25, 0.3) is 0 Å². The highest BCUT2D eigenvalue weighted by atomic mass is 32.2. The van der Waals surface area contributed by atoms with Gasteiger partial charge in [0, 0.05) is 12.6 Å². The van der Waals surface area contributed by atoms with Crippen LogP contribution in [-0.4, -0.2) is 50.0 Å². The number of benzene rings is 2. The second kappa shape index (κ2) is 11.7. The second-order valence-corrected chi connectivity index (χ2v) is 11.1. The summed E-state index contributed by atoms with van der Waals surface area (Å²) >= 11 is 0.